The summed E-state index contributed by atoms with van der Waals surface area (Å²) in [6.45, 7) is 5.19. The Morgan fingerprint density at radius 3 is 2.50 bits per heavy atom. The summed E-state index contributed by atoms with van der Waals surface area (Å²) < 4.78 is 27.5. The van der Waals surface area contributed by atoms with Crippen LogP contribution in [0.15, 0.2) is 35.4 Å². The molecule has 0 aliphatic heterocycles. The Kier molecular flexibility index (Phi) is 7.51. The number of hydrogen-bond donors (Lipinski definition) is 2. The van der Waals surface area contributed by atoms with E-state index >= 15 is 0 Å². The molecule has 10 heteroatoms. The zero-order valence-electron chi connectivity index (χ0n) is 15.4. The first-order valence-corrected chi connectivity index (χ1v) is 10.9. The van der Waals surface area contributed by atoms with Gasteiger partial charge in [-0.3, -0.25) is 4.72 Å². The molecular formula is C18H21Cl2N3O4S. The van der Waals surface area contributed by atoms with E-state index in [1.165, 1.54) is 30.5 Å². The fourth-order valence-electron chi connectivity index (χ4n) is 2.54. The lowest BCUT2D eigenvalue weighted by Gasteiger charge is -2.23. The van der Waals surface area contributed by atoms with Gasteiger partial charge in [0.05, 0.1) is 26.8 Å². The van der Waals surface area contributed by atoms with Crippen LogP contribution in [0, 0.1) is 0 Å². The maximum atomic E-state index is 12.6. The summed E-state index contributed by atoms with van der Waals surface area (Å²) in [5, 5.41) is 9.89. The monoisotopic (exact) mass is 445 g/mol. The number of halogens is 2. The number of rotatable bonds is 9. The van der Waals surface area contributed by atoms with Crippen molar-refractivity contribution in [2.45, 2.75) is 31.6 Å². The molecule has 0 aliphatic carbocycles. The number of anilines is 2. The molecule has 0 radical (unpaired) electrons. The van der Waals surface area contributed by atoms with Crippen molar-refractivity contribution < 1.29 is 18.3 Å². The summed E-state index contributed by atoms with van der Waals surface area (Å²) in [5.41, 5.74) is -0.0361. The predicted molar refractivity (Wildman–Crippen MR) is 111 cm³/mol. The number of aromatic nitrogens is 1. The molecule has 2 N–H and O–H groups in total. The second-order valence-corrected chi connectivity index (χ2v) is 8.51. The lowest BCUT2D eigenvalue weighted by molar-refractivity contribution is 0.0697. The van der Waals surface area contributed by atoms with Gasteiger partial charge in [0, 0.05) is 13.1 Å². The van der Waals surface area contributed by atoms with E-state index in [4.69, 9.17) is 23.2 Å². The molecule has 0 aliphatic rings. The molecule has 0 spiro atoms. The number of carboxylic acids is 1. The van der Waals surface area contributed by atoms with Gasteiger partial charge in [0.15, 0.2) is 0 Å². The van der Waals surface area contributed by atoms with Gasteiger partial charge < -0.3 is 10.0 Å². The third kappa shape index (κ3) is 5.27. The van der Waals surface area contributed by atoms with E-state index in [0.29, 0.717) is 18.9 Å². The number of benzene rings is 1. The lowest BCUT2D eigenvalue weighted by atomic mass is 10.2. The summed E-state index contributed by atoms with van der Waals surface area (Å²) >= 11 is 11.7. The molecular weight excluding hydrogens is 425 g/mol. The molecule has 0 saturated carbocycles. The minimum absolute atomic E-state index is 0.0405. The molecule has 1 heterocycles. The average molecular weight is 446 g/mol. The van der Waals surface area contributed by atoms with Crippen LogP contribution in [0.1, 0.15) is 37.0 Å². The van der Waals surface area contributed by atoms with Gasteiger partial charge in [0.25, 0.3) is 10.0 Å². The Balaban J connectivity index is 2.37. The predicted octanol–water partition coefficient (Wildman–Crippen LogP) is 4.51. The molecule has 28 heavy (non-hydrogen) atoms. The highest BCUT2D eigenvalue weighted by atomic mass is 35.5. The Morgan fingerprint density at radius 1 is 1.21 bits per heavy atom. The first kappa shape index (κ1) is 22.3. The topological polar surface area (TPSA) is 99.6 Å². The van der Waals surface area contributed by atoms with Gasteiger partial charge >= 0.3 is 5.97 Å². The second kappa shape index (κ2) is 9.45. The maximum Gasteiger partial charge on any atom is 0.339 e. The number of nitrogens with zero attached hydrogens (tertiary/aromatic N) is 2. The Morgan fingerprint density at radius 2 is 1.93 bits per heavy atom. The molecule has 0 unspecified atom stereocenters. The molecule has 0 fully saturated rings. The van der Waals surface area contributed by atoms with Crippen LogP contribution < -0.4 is 9.62 Å². The summed E-state index contributed by atoms with van der Waals surface area (Å²) in [6, 6.07) is 5.15. The zero-order valence-corrected chi connectivity index (χ0v) is 17.8. The number of unbranched alkanes of at least 4 members (excludes halogenated alkanes) is 1. The van der Waals surface area contributed by atoms with Crippen LogP contribution >= 0.6 is 23.2 Å². The quantitative estimate of drug-likeness (QED) is 0.588. The van der Waals surface area contributed by atoms with Gasteiger partial charge in [-0.1, -0.05) is 36.5 Å². The minimum Gasteiger partial charge on any atom is -0.478 e. The van der Waals surface area contributed by atoms with Crippen LogP contribution in [0.5, 0.6) is 0 Å². The van der Waals surface area contributed by atoms with Crippen molar-refractivity contribution in [2.24, 2.45) is 0 Å². The van der Waals surface area contributed by atoms with E-state index in [9.17, 15) is 18.3 Å². The Hall–Kier alpha value is -2.03. The fraction of sp³-hybridized carbons (Fsp3) is 0.333. The van der Waals surface area contributed by atoms with E-state index in [2.05, 4.69) is 9.71 Å². The molecule has 7 nitrogen and oxygen atoms in total. The highest BCUT2D eigenvalue weighted by Crippen LogP contribution is 2.27. The van der Waals surface area contributed by atoms with E-state index in [-0.39, 0.29) is 26.2 Å². The average Bonchev–Trinajstić information content (AvgIpc) is 2.64. The summed E-state index contributed by atoms with van der Waals surface area (Å²) in [4.78, 5) is 17.7. The van der Waals surface area contributed by atoms with Crippen molar-refractivity contribution in [1.82, 2.24) is 4.98 Å². The largest absolute Gasteiger partial charge is 0.478 e. The Labute approximate surface area is 174 Å². The molecule has 0 atom stereocenters. The number of carbonyl (C=O) groups is 1. The highest BCUT2D eigenvalue weighted by molar-refractivity contribution is 7.92. The van der Waals surface area contributed by atoms with Crippen LogP contribution in [0.4, 0.5) is 11.5 Å². The second-order valence-electron chi connectivity index (χ2n) is 6.01. The SMILES string of the molecule is CCCCN(CC)c1ncc(NS(=O)(=O)c2ccc(Cl)c(Cl)c2)cc1C(=O)O. The van der Waals surface area contributed by atoms with Gasteiger partial charge in [0.1, 0.15) is 11.4 Å². The molecule has 2 rings (SSSR count). The van der Waals surface area contributed by atoms with E-state index in [1.54, 1.807) is 0 Å². The number of hydrogen-bond acceptors (Lipinski definition) is 5. The Bertz CT molecular complexity index is 967. The van der Waals surface area contributed by atoms with Crippen LogP contribution in [0.2, 0.25) is 10.0 Å². The zero-order chi connectivity index (χ0) is 20.9. The van der Waals surface area contributed by atoms with Gasteiger partial charge in [-0.15, -0.1) is 0 Å². The van der Waals surface area contributed by atoms with Crippen molar-refractivity contribution in [3.63, 3.8) is 0 Å². The van der Waals surface area contributed by atoms with Crippen LogP contribution in [0.3, 0.4) is 0 Å². The van der Waals surface area contributed by atoms with Crippen molar-refractivity contribution in [1.29, 1.82) is 0 Å². The molecule has 0 bridgehead atoms. The van der Waals surface area contributed by atoms with Crippen LogP contribution in [0.25, 0.3) is 0 Å². The van der Waals surface area contributed by atoms with Crippen molar-refractivity contribution in [3.05, 3.63) is 46.1 Å². The van der Waals surface area contributed by atoms with Gasteiger partial charge in [0.2, 0.25) is 0 Å². The van der Waals surface area contributed by atoms with E-state index in [1.807, 2.05) is 18.7 Å². The molecule has 0 saturated heterocycles. The molecule has 0 amide bonds. The standard InChI is InChI=1S/C18H21Cl2N3O4S/c1-3-5-8-23(4-2)17-14(18(24)25)9-12(11-21-17)22-28(26,27)13-6-7-15(19)16(20)10-13/h6-7,9-11,22H,3-5,8H2,1-2H3,(H,24,25). The van der Waals surface area contributed by atoms with Gasteiger partial charge in [-0.05, 0) is 37.6 Å². The van der Waals surface area contributed by atoms with E-state index in [0.717, 1.165) is 12.8 Å². The third-order valence-corrected chi connectivity index (χ3v) is 6.13. The normalized spacial score (nSPS) is 11.3. The number of pyridine rings is 1. The maximum absolute atomic E-state index is 12.6. The number of sulfonamides is 1. The van der Waals surface area contributed by atoms with Gasteiger partial charge in [-0.25, -0.2) is 18.2 Å². The molecule has 152 valence electrons. The highest BCUT2D eigenvalue weighted by Gasteiger charge is 2.21. The van der Waals surface area contributed by atoms with Crippen molar-refractivity contribution in [2.75, 3.05) is 22.7 Å². The van der Waals surface area contributed by atoms with Crippen LogP contribution in [-0.2, 0) is 10.0 Å². The number of aromatic carboxylic acids is 1. The molecule has 1 aromatic carbocycles. The molecule has 1 aromatic heterocycles. The number of carboxylic acid groups (broad SMARTS) is 1. The van der Waals surface area contributed by atoms with Crippen molar-refractivity contribution in [3.8, 4) is 0 Å². The van der Waals surface area contributed by atoms with Crippen molar-refractivity contribution >= 4 is 50.7 Å². The summed E-state index contributed by atoms with van der Waals surface area (Å²) in [7, 11) is -3.99. The third-order valence-electron chi connectivity index (χ3n) is 4.01. The van der Waals surface area contributed by atoms with E-state index < -0.39 is 16.0 Å². The smallest absolute Gasteiger partial charge is 0.339 e. The summed E-state index contributed by atoms with van der Waals surface area (Å²) in [6.07, 6.45) is 3.15. The summed E-state index contributed by atoms with van der Waals surface area (Å²) in [5.74, 6) is -0.881. The fourth-order valence-corrected chi connectivity index (χ4v) is 3.97. The minimum atomic E-state index is -3.99. The molecule has 2 aromatic rings. The van der Waals surface area contributed by atoms with Gasteiger partial charge in [-0.2, -0.15) is 0 Å². The first-order chi connectivity index (χ1) is 13.2. The number of nitrogens with one attached hydrogen (secondary N) is 1. The first-order valence-electron chi connectivity index (χ1n) is 8.65. The lowest BCUT2D eigenvalue weighted by Crippen LogP contribution is -2.27. The van der Waals surface area contributed by atoms with Crippen LogP contribution in [-0.4, -0.2) is 37.6 Å².